The van der Waals surface area contributed by atoms with Crippen LogP contribution in [0.15, 0.2) is 6.20 Å². The van der Waals surface area contributed by atoms with E-state index in [1.807, 2.05) is 6.92 Å². The van der Waals surface area contributed by atoms with Crippen LogP contribution < -0.4 is 0 Å². The molecule has 0 spiro atoms. The van der Waals surface area contributed by atoms with Gasteiger partial charge in [-0.15, -0.1) is 5.10 Å². The molecule has 44 valence electrons. The van der Waals surface area contributed by atoms with Crippen LogP contribution in [0.5, 0.6) is 0 Å². The van der Waals surface area contributed by atoms with Crippen LogP contribution in [0.2, 0.25) is 0 Å². The van der Waals surface area contributed by atoms with Gasteiger partial charge in [0.1, 0.15) is 0 Å². The van der Waals surface area contributed by atoms with E-state index in [-0.39, 0.29) is 4.90 Å². The Labute approximate surface area is 46.1 Å². The minimum atomic E-state index is 0.207. The molecule has 0 fully saturated rings. The quantitative estimate of drug-likeness (QED) is 0.535. The molecule has 0 bridgehead atoms. The summed E-state index contributed by atoms with van der Waals surface area (Å²) in [6, 6.07) is 0. The maximum atomic E-state index is 11.9. The highest BCUT2D eigenvalue weighted by Crippen LogP contribution is 1.91. The third kappa shape index (κ3) is 0.828. The van der Waals surface area contributed by atoms with Crippen LogP contribution in [-0.4, -0.2) is 15.2 Å². The van der Waals surface area contributed by atoms with Crippen molar-refractivity contribution in [1.29, 1.82) is 0 Å². The maximum Gasteiger partial charge on any atom is 0.0855 e. The zero-order chi connectivity index (χ0) is 5.98. The first kappa shape index (κ1) is 5.21. The summed E-state index contributed by atoms with van der Waals surface area (Å²) in [6.45, 7) is 1.89. The second-order valence-corrected chi connectivity index (χ2v) is 1.45. The zero-order valence-electron chi connectivity index (χ0n) is 4.50. The molecule has 0 unspecified atom stereocenters. The summed E-state index contributed by atoms with van der Waals surface area (Å²) in [5.41, 5.74) is 0.674. The van der Waals surface area contributed by atoms with E-state index in [1.165, 1.54) is 6.20 Å². The molecule has 1 aromatic heterocycles. The van der Waals surface area contributed by atoms with E-state index in [1.54, 1.807) is 0 Å². The smallest absolute Gasteiger partial charge is 0.0855 e. The lowest BCUT2D eigenvalue weighted by Gasteiger charge is -1.75. The summed E-state index contributed by atoms with van der Waals surface area (Å²) in [5.74, 6) is 0. The predicted octanol–water partition coefficient (Wildman–Crippen LogP) is 0.573. The molecule has 4 heteroatoms. The van der Waals surface area contributed by atoms with Gasteiger partial charge in [-0.3, -0.25) is 0 Å². The van der Waals surface area contributed by atoms with Crippen molar-refractivity contribution in [2.24, 2.45) is 0 Å². The van der Waals surface area contributed by atoms with Gasteiger partial charge in [0.25, 0.3) is 0 Å². The van der Waals surface area contributed by atoms with Crippen molar-refractivity contribution in [2.45, 2.75) is 13.3 Å². The minimum absolute atomic E-state index is 0.207. The van der Waals surface area contributed by atoms with E-state index in [4.69, 9.17) is 0 Å². The SMILES string of the molecule is CCc1cn(F)nn1. The van der Waals surface area contributed by atoms with Crippen LogP contribution in [0.4, 0.5) is 4.48 Å². The highest BCUT2D eigenvalue weighted by Gasteiger charge is 1.92. The fourth-order valence-corrected chi connectivity index (χ4v) is 0.437. The van der Waals surface area contributed by atoms with Gasteiger partial charge in [0, 0.05) is 0 Å². The largest absolute Gasteiger partial charge is 0.133 e. The second kappa shape index (κ2) is 1.90. The molecule has 3 nitrogen and oxygen atoms in total. The van der Waals surface area contributed by atoms with Crippen LogP contribution in [0, 0.1) is 0 Å². The molecule has 0 saturated heterocycles. The monoisotopic (exact) mass is 115 g/mol. The number of hydrogen-bond donors (Lipinski definition) is 0. The van der Waals surface area contributed by atoms with E-state index in [2.05, 4.69) is 10.3 Å². The van der Waals surface area contributed by atoms with E-state index >= 15 is 0 Å². The lowest BCUT2D eigenvalue weighted by atomic mass is 10.4. The van der Waals surface area contributed by atoms with Crippen molar-refractivity contribution in [3.63, 3.8) is 0 Å². The number of halogens is 1. The van der Waals surface area contributed by atoms with Gasteiger partial charge in [0.15, 0.2) is 0 Å². The third-order valence-corrected chi connectivity index (χ3v) is 0.876. The Balaban J connectivity index is 2.84. The average molecular weight is 115 g/mol. The molecular formula is C4H6FN3. The van der Waals surface area contributed by atoms with E-state index in [0.29, 0.717) is 5.69 Å². The van der Waals surface area contributed by atoms with Gasteiger partial charge in [-0.2, -0.15) is 0 Å². The first-order chi connectivity index (χ1) is 3.83. The summed E-state index contributed by atoms with van der Waals surface area (Å²) in [5, 5.41) is 6.56. The summed E-state index contributed by atoms with van der Waals surface area (Å²) >= 11 is 0. The van der Waals surface area contributed by atoms with Gasteiger partial charge in [0.2, 0.25) is 0 Å². The Morgan fingerprint density at radius 1 is 1.88 bits per heavy atom. The van der Waals surface area contributed by atoms with Crippen molar-refractivity contribution in [3.05, 3.63) is 11.9 Å². The van der Waals surface area contributed by atoms with Crippen molar-refractivity contribution in [2.75, 3.05) is 0 Å². The van der Waals surface area contributed by atoms with Crippen LogP contribution in [0.3, 0.4) is 0 Å². The van der Waals surface area contributed by atoms with Gasteiger partial charge in [-0.05, 0) is 11.6 Å². The lowest BCUT2D eigenvalue weighted by Crippen LogP contribution is -1.79. The molecule has 0 aromatic carbocycles. The Morgan fingerprint density at radius 2 is 2.62 bits per heavy atom. The van der Waals surface area contributed by atoms with Gasteiger partial charge in [0.05, 0.1) is 11.9 Å². The van der Waals surface area contributed by atoms with Gasteiger partial charge in [-0.25, -0.2) is 0 Å². The van der Waals surface area contributed by atoms with Crippen LogP contribution in [0.1, 0.15) is 12.6 Å². The molecule has 8 heavy (non-hydrogen) atoms. The molecular weight excluding hydrogens is 109 g/mol. The number of aryl methyl sites for hydroxylation is 1. The van der Waals surface area contributed by atoms with Crippen LogP contribution >= 0.6 is 0 Å². The Morgan fingerprint density at radius 3 is 2.88 bits per heavy atom. The molecule has 0 aliphatic carbocycles. The van der Waals surface area contributed by atoms with E-state index in [0.717, 1.165) is 6.42 Å². The van der Waals surface area contributed by atoms with E-state index in [9.17, 15) is 4.48 Å². The number of hydrogen-bond acceptors (Lipinski definition) is 2. The topological polar surface area (TPSA) is 30.7 Å². The van der Waals surface area contributed by atoms with Gasteiger partial charge < -0.3 is 0 Å². The lowest BCUT2D eigenvalue weighted by molar-refractivity contribution is 0.306. The minimum Gasteiger partial charge on any atom is -0.133 e. The highest BCUT2D eigenvalue weighted by atomic mass is 19.2. The summed E-state index contributed by atoms with van der Waals surface area (Å²) in [6.07, 6.45) is 1.98. The molecule has 0 amide bonds. The molecule has 1 rings (SSSR count). The highest BCUT2D eigenvalue weighted by molar-refractivity contribution is 4.88. The van der Waals surface area contributed by atoms with Crippen molar-refractivity contribution in [1.82, 2.24) is 15.2 Å². The molecule has 0 aliphatic heterocycles. The molecule has 0 N–H and O–H groups in total. The number of rotatable bonds is 1. The first-order valence-electron chi connectivity index (χ1n) is 2.40. The molecule has 1 aromatic rings. The normalized spacial score (nSPS) is 9.75. The zero-order valence-corrected chi connectivity index (χ0v) is 4.50. The van der Waals surface area contributed by atoms with Crippen molar-refractivity contribution in [3.8, 4) is 0 Å². The molecule has 1 heterocycles. The molecule has 0 saturated carbocycles. The Kier molecular flexibility index (Phi) is 1.24. The standard InChI is InChI=1S/C4H6FN3/c1-2-4-3-8(5)7-6-4/h3H,2H2,1H3. The Bertz CT molecular complexity index is 172. The summed E-state index contributed by atoms with van der Waals surface area (Å²) in [4.78, 5) is 0.207. The van der Waals surface area contributed by atoms with Crippen LogP contribution in [-0.2, 0) is 6.42 Å². The third-order valence-electron chi connectivity index (χ3n) is 0.876. The first-order valence-corrected chi connectivity index (χ1v) is 2.40. The predicted molar refractivity (Wildman–Crippen MR) is 25.9 cm³/mol. The fourth-order valence-electron chi connectivity index (χ4n) is 0.437. The van der Waals surface area contributed by atoms with E-state index < -0.39 is 0 Å². The average Bonchev–Trinajstić information content (AvgIpc) is 2.14. The number of nitrogens with zero attached hydrogens (tertiary/aromatic N) is 3. The van der Waals surface area contributed by atoms with Gasteiger partial charge >= 0.3 is 0 Å². The summed E-state index contributed by atoms with van der Waals surface area (Å²) < 4.78 is 11.9. The van der Waals surface area contributed by atoms with Crippen molar-refractivity contribution >= 4 is 0 Å². The molecule has 0 atom stereocenters. The summed E-state index contributed by atoms with van der Waals surface area (Å²) in [7, 11) is 0. The van der Waals surface area contributed by atoms with Gasteiger partial charge in [-0.1, -0.05) is 16.3 Å². The van der Waals surface area contributed by atoms with Crippen LogP contribution in [0.25, 0.3) is 0 Å². The van der Waals surface area contributed by atoms with Crippen molar-refractivity contribution < 1.29 is 4.48 Å². The number of aromatic nitrogens is 3. The molecule has 0 radical (unpaired) electrons. The Hall–Kier alpha value is -0.930. The fraction of sp³-hybridized carbons (Fsp3) is 0.500. The molecule has 0 aliphatic rings. The maximum absolute atomic E-state index is 11.9. The second-order valence-electron chi connectivity index (χ2n) is 1.45.